The van der Waals surface area contributed by atoms with Crippen LogP contribution in [0.15, 0.2) is 30.5 Å². The van der Waals surface area contributed by atoms with Gasteiger partial charge in [0.05, 0.1) is 12.5 Å². The van der Waals surface area contributed by atoms with Crippen molar-refractivity contribution >= 4 is 46.5 Å². The Kier molecular flexibility index (Phi) is 10.1. The molecule has 0 aliphatic rings. The molecule has 0 spiro atoms. The Balaban J connectivity index is 1.99. The lowest BCUT2D eigenvalue weighted by Crippen LogP contribution is -2.57. The molecule has 2 rings (SSSR count). The van der Waals surface area contributed by atoms with Crippen LogP contribution in [-0.4, -0.2) is 80.1 Å². The monoisotopic (exact) mass is 519 g/mol. The maximum Gasteiger partial charge on any atom is 0.326 e. The number of rotatable bonds is 14. The van der Waals surface area contributed by atoms with E-state index >= 15 is 0 Å². The lowest BCUT2D eigenvalue weighted by Gasteiger charge is -2.22. The molecule has 37 heavy (non-hydrogen) atoms. The van der Waals surface area contributed by atoms with Gasteiger partial charge in [0, 0.05) is 23.5 Å². The number of carboxylic acids is 3. The van der Waals surface area contributed by atoms with Gasteiger partial charge in [-0.25, -0.2) is 4.79 Å². The number of H-pyrrole nitrogens is 1. The van der Waals surface area contributed by atoms with Gasteiger partial charge in [-0.05, 0) is 31.4 Å². The van der Waals surface area contributed by atoms with Gasteiger partial charge in [0.1, 0.15) is 18.1 Å². The van der Waals surface area contributed by atoms with E-state index in [2.05, 4.69) is 15.6 Å². The van der Waals surface area contributed by atoms with Crippen LogP contribution in [0.5, 0.6) is 0 Å². The molecule has 1 aromatic carbocycles. The number of para-hydroxylation sites is 1. The summed E-state index contributed by atoms with van der Waals surface area (Å²) in [5, 5.41) is 34.5. The second-order valence-electron chi connectivity index (χ2n) is 8.39. The van der Waals surface area contributed by atoms with Gasteiger partial charge in [-0.2, -0.15) is 0 Å². The smallest absolute Gasteiger partial charge is 0.326 e. The van der Waals surface area contributed by atoms with Gasteiger partial charge in [0.2, 0.25) is 17.7 Å². The van der Waals surface area contributed by atoms with E-state index in [-0.39, 0.29) is 6.42 Å². The molecule has 0 saturated heterocycles. The number of hydrogen-bond donors (Lipinski definition) is 8. The Morgan fingerprint density at radius 2 is 1.54 bits per heavy atom. The molecule has 0 fully saturated rings. The predicted molar refractivity (Wildman–Crippen MR) is 128 cm³/mol. The van der Waals surface area contributed by atoms with E-state index in [1.165, 1.54) is 6.92 Å². The van der Waals surface area contributed by atoms with Crippen LogP contribution in [0.2, 0.25) is 0 Å². The molecule has 3 amide bonds. The topological polar surface area (TPSA) is 241 Å². The Labute approximate surface area is 210 Å². The SMILES string of the molecule is CC(NC(=O)C(N)Cc1c[nH]c2ccccc12)C(=O)NC(CC(=O)O)C(=O)NC(CCC(=O)O)C(=O)O. The van der Waals surface area contributed by atoms with Crippen LogP contribution in [-0.2, 0) is 35.2 Å². The Hall–Kier alpha value is -4.46. The van der Waals surface area contributed by atoms with E-state index in [4.69, 9.17) is 15.9 Å². The molecule has 4 unspecified atom stereocenters. The fourth-order valence-corrected chi connectivity index (χ4v) is 3.49. The number of benzene rings is 1. The summed E-state index contributed by atoms with van der Waals surface area (Å²) >= 11 is 0. The second kappa shape index (κ2) is 13.0. The summed E-state index contributed by atoms with van der Waals surface area (Å²) in [6.07, 6.45) is -0.00532. The largest absolute Gasteiger partial charge is 0.481 e. The van der Waals surface area contributed by atoms with Crippen LogP contribution < -0.4 is 21.7 Å². The van der Waals surface area contributed by atoms with Crippen LogP contribution in [0.1, 0.15) is 31.7 Å². The third-order valence-corrected chi connectivity index (χ3v) is 5.48. The minimum absolute atomic E-state index is 0.168. The number of aromatic amines is 1. The highest BCUT2D eigenvalue weighted by molar-refractivity contribution is 5.95. The van der Waals surface area contributed by atoms with Gasteiger partial charge in [-0.3, -0.25) is 24.0 Å². The highest BCUT2D eigenvalue weighted by Gasteiger charge is 2.30. The van der Waals surface area contributed by atoms with Crippen LogP contribution in [0.3, 0.4) is 0 Å². The predicted octanol–water partition coefficient (Wildman–Crippen LogP) is -1.06. The van der Waals surface area contributed by atoms with Crippen LogP contribution in [0.25, 0.3) is 10.9 Å². The van der Waals surface area contributed by atoms with E-state index in [0.717, 1.165) is 16.5 Å². The molecule has 0 bridgehead atoms. The number of carbonyl (C=O) groups excluding carboxylic acids is 3. The summed E-state index contributed by atoms with van der Waals surface area (Å²) in [4.78, 5) is 73.9. The molecule has 200 valence electrons. The lowest BCUT2D eigenvalue weighted by atomic mass is 10.0. The molecule has 14 heteroatoms. The van der Waals surface area contributed by atoms with Crippen molar-refractivity contribution in [2.75, 3.05) is 0 Å². The number of carboxylic acid groups (broad SMARTS) is 3. The summed E-state index contributed by atoms with van der Waals surface area (Å²) in [7, 11) is 0. The van der Waals surface area contributed by atoms with Crippen molar-refractivity contribution in [3.63, 3.8) is 0 Å². The third kappa shape index (κ3) is 8.61. The van der Waals surface area contributed by atoms with E-state index in [0.29, 0.717) is 0 Å². The van der Waals surface area contributed by atoms with Gasteiger partial charge in [0.15, 0.2) is 0 Å². The zero-order valence-corrected chi connectivity index (χ0v) is 19.9. The fourth-order valence-electron chi connectivity index (χ4n) is 3.49. The fraction of sp³-hybridized carbons (Fsp3) is 0.391. The molecule has 0 saturated carbocycles. The summed E-state index contributed by atoms with van der Waals surface area (Å²) < 4.78 is 0. The molecular formula is C23H29N5O9. The first kappa shape index (κ1) is 28.8. The number of nitrogens with two attached hydrogens (primary N) is 1. The highest BCUT2D eigenvalue weighted by atomic mass is 16.4. The molecule has 4 atom stereocenters. The van der Waals surface area contributed by atoms with E-state index in [1.54, 1.807) is 6.20 Å². The van der Waals surface area contributed by atoms with Crippen LogP contribution in [0.4, 0.5) is 0 Å². The quantitative estimate of drug-likeness (QED) is 0.150. The zero-order chi connectivity index (χ0) is 27.7. The third-order valence-electron chi connectivity index (χ3n) is 5.48. The molecule has 14 nitrogen and oxygen atoms in total. The van der Waals surface area contributed by atoms with Gasteiger partial charge in [0.25, 0.3) is 0 Å². The van der Waals surface area contributed by atoms with Crippen molar-refractivity contribution in [2.24, 2.45) is 5.73 Å². The van der Waals surface area contributed by atoms with Crippen molar-refractivity contribution in [2.45, 2.75) is 56.8 Å². The van der Waals surface area contributed by atoms with Crippen molar-refractivity contribution in [1.29, 1.82) is 0 Å². The minimum atomic E-state index is -1.68. The number of hydrogen-bond acceptors (Lipinski definition) is 7. The summed E-state index contributed by atoms with van der Waals surface area (Å²) in [6.45, 7) is 1.30. The first-order valence-electron chi connectivity index (χ1n) is 11.3. The number of carbonyl (C=O) groups is 6. The molecule has 0 radical (unpaired) electrons. The van der Waals surface area contributed by atoms with Gasteiger partial charge in [-0.15, -0.1) is 0 Å². The minimum Gasteiger partial charge on any atom is -0.481 e. The molecule has 2 aromatic rings. The molecule has 9 N–H and O–H groups in total. The number of aliphatic carboxylic acids is 3. The van der Waals surface area contributed by atoms with Gasteiger partial charge in [-0.1, -0.05) is 18.2 Å². The Morgan fingerprint density at radius 3 is 2.16 bits per heavy atom. The summed E-state index contributed by atoms with van der Waals surface area (Å²) in [5.41, 5.74) is 7.66. The molecule has 1 heterocycles. The molecule has 0 aliphatic carbocycles. The van der Waals surface area contributed by atoms with Crippen molar-refractivity contribution in [1.82, 2.24) is 20.9 Å². The molecule has 0 aliphatic heterocycles. The van der Waals surface area contributed by atoms with Gasteiger partial charge >= 0.3 is 17.9 Å². The van der Waals surface area contributed by atoms with Gasteiger partial charge < -0.3 is 42.0 Å². The standard InChI is InChI=1S/C23H29N5O9/c1-11(26-21(34)14(24)8-12-10-25-15-5-3-2-4-13(12)15)20(33)28-17(9-19(31)32)22(35)27-16(23(36)37)6-7-18(29)30/h2-5,10-11,14,16-17,25H,6-9,24H2,1H3,(H,26,34)(H,27,35)(H,28,33)(H,29,30)(H,31,32)(H,36,37). The normalized spacial score (nSPS) is 14.1. The average Bonchev–Trinajstić information content (AvgIpc) is 3.23. The van der Waals surface area contributed by atoms with E-state index < -0.39 is 79.1 Å². The first-order chi connectivity index (χ1) is 17.4. The molecular weight excluding hydrogens is 490 g/mol. The highest BCUT2D eigenvalue weighted by Crippen LogP contribution is 2.18. The van der Waals surface area contributed by atoms with E-state index in [1.807, 2.05) is 29.6 Å². The first-order valence-corrected chi connectivity index (χ1v) is 11.3. The Bertz CT molecular complexity index is 1180. The Morgan fingerprint density at radius 1 is 0.892 bits per heavy atom. The van der Waals surface area contributed by atoms with Crippen molar-refractivity contribution < 1.29 is 44.1 Å². The zero-order valence-electron chi connectivity index (χ0n) is 19.9. The summed E-state index contributed by atoms with van der Waals surface area (Å²) in [5.74, 6) is -6.99. The summed E-state index contributed by atoms with van der Waals surface area (Å²) in [6, 6.07) is 1.90. The second-order valence-corrected chi connectivity index (χ2v) is 8.39. The number of aromatic nitrogens is 1. The van der Waals surface area contributed by atoms with Crippen molar-refractivity contribution in [3.8, 4) is 0 Å². The lowest BCUT2D eigenvalue weighted by molar-refractivity contribution is -0.144. The number of amides is 3. The number of nitrogens with one attached hydrogen (secondary N) is 4. The van der Waals surface area contributed by atoms with Crippen LogP contribution in [0, 0.1) is 0 Å². The molecule has 1 aromatic heterocycles. The number of fused-ring (bicyclic) bond motifs is 1. The van der Waals surface area contributed by atoms with Crippen LogP contribution >= 0.6 is 0 Å². The van der Waals surface area contributed by atoms with Crippen molar-refractivity contribution in [3.05, 3.63) is 36.0 Å². The van der Waals surface area contributed by atoms with E-state index in [9.17, 15) is 33.9 Å². The maximum absolute atomic E-state index is 12.6. The maximum atomic E-state index is 12.6. The average molecular weight is 520 g/mol.